The monoisotopic (exact) mass is 270 g/mol. The molecule has 0 aromatic heterocycles. The molecule has 1 aliphatic rings. The molecule has 0 aromatic rings. The van der Waals surface area contributed by atoms with Crippen LogP contribution in [0.1, 0.15) is 54.4 Å². The van der Waals surface area contributed by atoms with Crippen molar-refractivity contribution in [2.45, 2.75) is 54.4 Å². The first-order valence-corrected chi connectivity index (χ1v) is 7.90. The summed E-state index contributed by atoms with van der Waals surface area (Å²) in [5.74, 6) is 2.64. The number of hydrogen-bond donors (Lipinski definition) is 0. The first-order valence-electron chi connectivity index (χ1n) is 7.90. The van der Waals surface area contributed by atoms with Crippen LogP contribution in [0.15, 0.2) is 0 Å². The van der Waals surface area contributed by atoms with Gasteiger partial charge in [-0.1, -0.05) is 35.1 Å². The summed E-state index contributed by atoms with van der Waals surface area (Å²) in [5.41, 5.74) is 0. The van der Waals surface area contributed by atoms with Gasteiger partial charge in [0, 0.05) is 6.54 Å². The maximum atomic E-state index is 2.67. The average Bonchev–Trinajstić information content (AvgIpc) is 2.28. The highest BCUT2D eigenvalue weighted by Crippen LogP contribution is 2.24. The van der Waals surface area contributed by atoms with Crippen molar-refractivity contribution in [3.63, 3.8) is 0 Å². The molecule has 0 unspecified atom stereocenters. The second-order valence-electron chi connectivity index (χ2n) is 6.93. The first-order chi connectivity index (χ1) is 8.49. The number of nitrogens with zero attached hydrogens (tertiary/aromatic N) is 2. The topological polar surface area (TPSA) is 6.48 Å². The van der Waals surface area contributed by atoms with Gasteiger partial charge in [-0.2, -0.15) is 0 Å². The minimum Gasteiger partial charge on any atom is -0.306 e. The van der Waals surface area contributed by atoms with Gasteiger partial charge in [-0.25, -0.2) is 0 Å². The van der Waals surface area contributed by atoms with E-state index in [0.717, 1.165) is 17.8 Å². The Kier molecular flexibility index (Phi) is 9.72. The van der Waals surface area contributed by atoms with Crippen molar-refractivity contribution in [3.05, 3.63) is 0 Å². The number of likely N-dealkylation sites (tertiary alicyclic amines) is 1. The van der Waals surface area contributed by atoms with Crippen molar-refractivity contribution < 1.29 is 0 Å². The molecule has 0 saturated carbocycles. The predicted octanol–water partition coefficient (Wildman–Crippen LogP) is 3.97. The zero-order chi connectivity index (χ0) is 13.5. The maximum absolute atomic E-state index is 2.67. The minimum absolute atomic E-state index is 0. The van der Waals surface area contributed by atoms with E-state index < -0.39 is 0 Å². The molecule has 1 saturated heterocycles. The number of rotatable bonds is 7. The number of hydrogen-bond acceptors (Lipinski definition) is 2. The van der Waals surface area contributed by atoms with Crippen molar-refractivity contribution >= 4 is 0 Å². The lowest BCUT2D eigenvalue weighted by Crippen LogP contribution is -2.37. The van der Waals surface area contributed by atoms with Crippen molar-refractivity contribution in [2.75, 3.05) is 39.8 Å². The van der Waals surface area contributed by atoms with Crippen LogP contribution in [0.3, 0.4) is 0 Å². The van der Waals surface area contributed by atoms with Crippen molar-refractivity contribution in [3.8, 4) is 0 Å². The van der Waals surface area contributed by atoms with Gasteiger partial charge in [-0.05, 0) is 70.2 Å². The maximum Gasteiger partial charge on any atom is 0.000134 e. The molecule has 1 aliphatic heterocycles. The molecule has 0 aliphatic carbocycles. The summed E-state index contributed by atoms with van der Waals surface area (Å²) in [7, 11) is 2.25. The normalized spacial score (nSPS) is 18.3. The Hall–Kier alpha value is -0.0800. The van der Waals surface area contributed by atoms with E-state index in [1.807, 2.05) is 0 Å². The lowest BCUT2D eigenvalue weighted by Gasteiger charge is -2.34. The van der Waals surface area contributed by atoms with Crippen LogP contribution in [0.5, 0.6) is 0 Å². The summed E-state index contributed by atoms with van der Waals surface area (Å²) in [6.45, 7) is 15.8. The summed E-state index contributed by atoms with van der Waals surface area (Å²) < 4.78 is 0. The summed E-state index contributed by atoms with van der Waals surface area (Å²) in [6, 6.07) is 0. The molecule has 2 nitrogen and oxygen atoms in total. The van der Waals surface area contributed by atoms with Crippen LogP contribution in [-0.4, -0.2) is 49.6 Å². The van der Waals surface area contributed by atoms with E-state index in [2.05, 4.69) is 44.5 Å². The van der Waals surface area contributed by atoms with Gasteiger partial charge < -0.3 is 9.80 Å². The summed E-state index contributed by atoms with van der Waals surface area (Å²) in [6.07, 6.45) is 4.16. The van der Waals surface area contributed by atoms with E-state index >= 15 is 0 Å². The fourth-order valence-electron chi connectivity index (χ4n) is 3.12. The van der Waals surface area contributed by atoms with E-state index in [1.54, 1.807) is 0 Å². The number of piperidine rings is 1. The van der Waals surface area contributed by atoms with E-state index in [1.165, 1.54) is 52.0 Å². The Morgan fingerprint density at radius 1 is 1.11 bits per heavy atom. The van der Waals surface area contributed by atoms with Crippen molar-refractivity contribution in [1.29, 1.82) is 0 Å². The minimum atomic E-state index is 0. The summed E-state index contributed by atoms with van der Waals surface area (Å²) in [5, 5.41) is 0. The van der Waals surface area contributed by atoms with Crippen LogP contribution in [0.2, 0.25) is 0 Å². The van der Waals surface area contributed by atoms with Crippen molar-refractivity contribution in [1.82, 2.24) is 9.80 Å². The first kappa shape index (κ1) is 18.9. The van der Waals surface area contributed by atoms with Crippen LogP contribution in [0, 0.1) is 17.8 Å². The standard InChI is InChI=1S/C16H34N2.CH4/c1-14(2)13-17(5)9-6-10-18-11-7-16(8-12-18)15(3)4;/h14-16H,6-13H2,1-5H3;1H4. The Balaban J connectivity index is 0.00000324. The molecule has 0 spiro atoms. The third-order valence-corrected chi connectivity index (χ3v) is 4.27. The molecule has 0 bridgehead atoms. The average molecular weight is 271 g/mol. The fraction of sp³-hybridized carbons (Fsp3) is 1.00. The molecule has 1 fully saturated rings. The Morgan fingerprint density at radius 2 is 1.68 bits per heavy atom. The molecule has 0 amide bonds. The van der Waals surface area contributed by atoms with Gasteiger partial charge in [0.2, 0.25) is 0 Å². The van der Waals surface area contributed by atoms with Crippen LogP contribution < -0.4 is 0 Å². The van der Waals surface area contributed by atoms with Crippen LogP contribution >= 0.6 is 0 Å². The molecular formula is C17H38N2. The van der Waals surface area contributed by atoms with Gasteiger partial charge >= 0.3 is 0 Å². The third-order valence-electron chi connectivity index (χ3n) is 4.27. The molecule has 1 rings (SSSR count). The lowest BCUT2D eigenvalue weighted by molar-refractivity contribution is 0.150. The third kappa shape index (κ3) is 7.94. The molecule has 0 atom stereocenters. The smallest absolute Gasteiger partial charge is 0.000134 e. The molecule has 116 valence electrons. The SMILES string of the molecule is C.CC(C)CN(C)CCCN1CCC(C(C)C)CC1. The Labute approximate surface area is 122 Å². The van der Waals surface area contributed by atoms with E-state index in [0.29, 0.717) is 0 Å². The van der Waals surface area contributed by atoms with Gasteiger partial charge in [-0.15, -0.1) is 0 Å². The molecular weight excluding hydrogens is 232 g/mol. The van der Waals surface area contributed by atoms with E-state index in [4.69, 9.17) is 0 Å². The van der Waals surface area contributed by atoms with Crippen LogP contribution in [0.4, 0.5) is 0 Å². The molecule has 1 heterocycles. The highest BCUT2D eigenvalue weighted by atomic mass is 15.1. The van der Waals surface area contributed by atoms with Gasteiger partial charge in [0.15, 0.2) is 0 Å². The van der Waals surface area contributed by atoms with Gasteiger partial charge in [-0.3, -0.25) is 0 Å². The second-order valence-corrected chi connectivity index (χ2v) is 6.93. The van der Waals surface area contributed by atoms with Gasteiger partial charge in [0.1, 0.15) is 0 Å². The van der Waals surface area contributed by atoms with E-state index in [9.17, 15) is 0 Å². The largest absolute Gasteiger partial charge is 0.306 e. The lowest BCUT2D eigenvalue weighted by atomic mass is 9.87. The van der Waals surface area contributed by atoms with Crippen molar-refractivity contribution in [2.24, 2.45) is 17.8 Å². The van der Waals surface area contributed by atoms with Crippen LogP contribution in [0.25, 0.3) is 0 Å². The molecule has 2 heteroatoms. The highest BCUT2D eigenvalue weighted by molar-refractivity contribution is 4.74. The van der Waals surface area contributed by atoms with Crippen LogP contribution in [-0.2, 0) is 0 Å². The molecule has 0 aromatic carbocycles. The quantitative estimate of drug-likeness (QED) is 0.691. The zero-order valence-corrected chi connectivity index (χ0v) is 13.3. The Morgan fingerprint density at radius 3 is 2.16 bits per heavy atom. The van der Waals surface area contributed by atoms with Gasteiger partial charge in [0.05, 0.1) is 0 Å². The Bertz CT molecular complexity index is 205. The predicted molar refractivity (Wildman–Crippen MR) is 87.7 cm³/mol. The molecule has 0 radical (unpaired) electrons. The zero-order valence-electron chi connectivity index (χ0n) is 13.3. The summed E-state index contributed by atoms with van der Waals surface area (Å²) >= 11 is 0. The second kappa shape index (κ2) is 9.77. The molecule has 19 heavy (non-hydrogen) atoms. The highest BCUT2D eigenvalue weighted by Gasteiger charge is 2.20. The fourth-order valence-corrected chi connectivity index (χ4v) is 3.12. The molecule has 0 N–H and O–H groups in total. The van der Waals surface area contributed by atoms with E-state index in [-0.39, 0.29) is 7.43 Å². The van der Waals surface area contributed by atoms with Gasteiger partial charge in [0.25, 0.3) is 0 Å². The summed E-state index contributed by atoms with van der Waals surface area (Å²) in [4.78, 5) is 5.15.